The maximum Gasteiger partial charge on any atom is 0.257 e. The van der Waals surface area contributed by atoms with Crippen LogP contribution in [0.25, 0.3) is 5.69 Å². The Hall–Kier alpha value is -4.83. The number of carbonyl (C=O) groups excluding carboxylic acids is 2. The van der Waals surface area contributed by atoms with E-state index in [9.17, 15) is 14.7 Å². The number of aryl methyl sites for hydroxylation is 1. The van der Waals surface area contributed by atoms with Crippen LogP contribution < -0.4 is 21.1 Å². The lowest BCUT2D eigenvalue weighted by Crippen LogP contribution is -2.30. The maximum absolute atomic E-state index is 12.6. The van der Waals surface area contributed by atoms with Gasteiger partial charge in [0.05, 0.1) is 23.2 Å². The number of benzene rings is 3. The van der Waals surface area contributed by atoms with Crippen molar-refractivity contribution >= 4 is 34.9 Å². The molecule has 1 aromatic heterocycles. The monoisotopic (exact) mass is 586 g/mol. The van der Waals surface area contributed by atoms with E-state index in [2.05, 4.69) is 15.7 Å². The van der Waals surface area contributed by atoms with Gasteiger partial charge < -0.3 is 26.2 Å². The minimum atomic E-state index is -0.328. The van der Waals surface area contributed by atoms with Gasteiger partial charge in [-0.2, -0.15) is 5.10 Å². The first-order chi connectivity index (χ1) is 20.2. The molecule has 6 N–H and O–H groups in total. The largest absolute Gasteiger partial charge is 0.508 e. The Labute approximate surface area is 248 Å². The molecule has 0 aliphatic heterocycles. The third kappa shape index (κ3) is 6.72. The molecule has 0 bridgehead atoms. The molecule has 1 aliphatic carbocycles. The summed E-state index contributed by atoms with van der Waals surface area (Å²) < 4.78 is 7.19. The van der Waals surface area contributed by atoms with Crippen molar-refractivity contribution in [1.82, 2.24) is 20.4 Å². The molecule has 216 valence electrons. The number of amides is 2. The molecule has 2 amide bonds. The van der Waals surface area contributed by atoms with Gasteiger partial charge in [0.2, 0.25) is 0 Å². The number of rotatable bonds is 11. The zero-order valence-electron chi connectivity index (χ0n) is 23.0. The second-order valence-corrected chi connectivity index (χ2v) is 10.6. The van der Waals surface area contributed by atoms with E-state index in [1.807, 2.05) is 13.0 Å². The van der Waals surface area contributed by atoms with Gasteiger partial charge in [0.15, 0.2) is 6.61 Å². The molecule has 0 atom stereocenters. The number of nitrogens with zero attached hydrogens (tertiary/aromatic N) is 2. The number of nitrogen functional groups attached to an aromatic ring is 1. The molecular formula is C31H31ClN6O4. The summed E-state index contributed by atoms with van der Waals surface area (Å²) >= 11 is 5.97. The SMILES string of the molecule is Cc1ccc(C(=O)NC2CC2)cc1-n1ncc(C(=N)c2cccc(OCC(=O)NCCc3cc(Cl)ccc3O)c2)c1N. The highest BCUT2D eigenvalue weighted by Gasteiger charge is 2.24. The van der Waals surface area contributed by atoms with Crippen molar-refractivity contribution in [1.29, 1.82) is 5.41 Å². The third-order valence-corrected chi connectivity index (χ3v) is 7.17. The van der Waals surface area contributed by atoms with Crippen molar-refractivity contribution in [3.05, 3.63) is 99.7 Å². The molecule has 42 heavy (non-hydrogen) atoms. The van der Waals surface area contributed by atoms with Crippen LogP contribution in [0.3, 0.4) is 0 Å². The lowest BCUT2D eigenvalue weighted by atomic mass is 10.0. The van der Waals surface area contributed by atoms with E-state index in [1.165, 1.54) is 16.9 Å². The summed E-state index contributed by atoms with van der Waals surface area (Å²) in [6.45, 7) is 1.99. The minimum absolute atomic E-state index is 0.121. The lowest BCUT2D eigenvalue weighted by molar-refractivity contribution is -0.123. The fraction of sp³-hybridized carbons (Fsp3) is 0.226. The van der Waals surface area contributed by atoms with Crippen LogP contribution >= 0.6 is 11.6 Å². The molecular weight excluding hydrogens is 556 g/mol. The summed E-state index contributed by atoms with van der Waals surface area (Å²) in [4.78, 5) is 24.9. The number of carbonyl (C=O) groups is 2. The van der Waals surface area contributed by atoms with Crippen LogP contribution in [0, 0.1) is 12.3 Å². The topological polar surface area (TPSA) is 155 Å². The van der Waals surface area contributed by atoms with Crippen LogP contribution in [0.1, 0.15) is 45.5 Å². The van der Waals surface area contributed by atoms with Gasteiger partial charge in [-0.3, -0.25) is 15.0 Å². The number of aromatic hydroxyl groups is 1. The Morgan fingerprint density at radius 2 is 1.95 bits per heavy atom. The Balaban J connectivity index is 1.22. The van der Waals surface area contributed by atoms with Gasteiger partial charge in [-0.15, -0.1) is 0 Å². The van der Waals surface area contributed by atoms with E-state index in [0.717, 1.165) is 18.4 Å². The highest BCUT2D eigenvalue weighted by Crippen LogP contribution is 2.26. The normalized spacial score (nSPS) is 12.5. The predicted molar refractivity (Wildman–Crippen MR) is 161 cm³/mol. The molecule has 3 aromatic carbocycles. The van der Waals surface area contributed by atoms with Crippen LogP contribution in [-0.2, 0) is 11.2 Å². The Morgan fingerprint density at radius 1 is 1.14 bits per heavy atom. The number of anilines is 1. The number of nitrogens with one attached hydrogen (secondary N) is 3. The molecule has 5 rings (SSSR count). The summed E-state index contributed by atoms with van der Waals surface area (Å²) in [5.41, 5.74) is 10.2. The van der Waals surface area contributed by atoms with Gasteiger partial charge in [0.1, 0.15) is 17.3 Å². The number of aromatic nitrogens is 2. The van der Waals surface area contributed by atoms with Crippen molar-refractivity contribution in [2.24, 2.45) is 0 Å². The van der Waals surface area contributed by atoms with E-state index in [0.29, 0.717) is 51.7 Å². The predicted octanol–water partition coefficient (Wildman–Crippen LogP) is 4.17. The number of phenols is 1. The number of halogens is 1. The molecule has 0 spiro atoms. The summed E-state index contributed by atoms with van der Waals surface area (Å²) in [5, 5.41) is 29.4. The molecule has 0 unspecified atom stereocenters. The number of phenolic OH excluding ortho intramolecular Hbond substituents is 1. The Morgan fingerprint density at radius 3 is 2.74 bits per heavy atom. The highest BCUT2D eigenvalue weighted by molar-refractivity contribution is 6.30. The Kier molecular flexibility index (Phi) is 8.44. The van der Waals surface area contributed by atoms with Crippen molar-refractivity contribution in [2.75, 3.05) is 18.9 Å². The quantitative estimate of drug-likeness (QED) is 0.166. The van der Waals surface area contributed by atoms with Crippen molar-refractivity contribution in [3.63, 3.8) is 0 Å². The molecule has 0 radical (unpaired) electrons. The van der Waals surface area contributed by atoms with Gasteiger partial charge in [-0.25, -0.2) is 4.68 Å². The van der Waals surface area contributed by atoms with Crippen molar-refractivity contribution < 1.29 is 19.4 Å². The third-order valence-electron chi connectivity index (χ3n) is 6.94. The van der Waals surface area contributed by atoms with E-state index in [4.69, 9.17) is 27.5 Å². The molecule has 1 aliphatic rings. The lowest BCUT2D eigenvalue weighted by Gasteiger charge is -2.12. The zero-order valence-corrected chi connectivity index (χ0v) is 23.7. The van der Waals surface area contributed by atoms with Gasteiger partial charge in [-0.05, 0) is 79.8 Å². The van der Waals surface area contributed by atoms with Gasteiger partial charge >= 0.3 is 0 Å². The minimum Gasteiger partial charge on any atom is -0.508 e. The fourth-order valence-corrected chi connectivity index (χ4v) is 4.60. The molecule has 10 nitrogen and oxygen atoms in total. The van der Waals surface area contributed by atoms with Crippen LogP contribution in [0.4, 0.5) is 5.82 Å². The second kappa shape index (κ2) is 12.4. The average molecular weight is 587 g/mol. The van der Waals surface area contributed by atoms with E-state index in [-0.39, 0.29) is 41.7 Å². The number of hydrogen-bond acceptors (Lipinski definition) is 7. The number of ether oxygens (including phenoxy) is 1. The molecule has 4 aromatic rings. The van der Waals surface area contributed by atoms with E-state index < -0.39 is 0 Å². The Bertz CT molecular complexity index is 1660. The summed E-state index contributed by atoms with van der Waals surface area (Å²) in [6, 6.07) is 17.2. The van der Waals surface area contributed by atoms with Gasteiger partial charge in [-0.1, -0.05) is 29.8 Å². The molecule has 0 saturated heterocycles. The fourth-order valence-electron chi connectivity index (χ4n) is 4.41. The van der Waals surface area contributed by atoms with Crippen LogP contribution in [-0.4, -0.2) is 51.6 Å². The summed E-state index contributed by atoms with van der Waals surface area (Å²) in [7, 11) is 0. The average Bonchev–Trinajstić information content (AvgIpc) is 3.72. The number of nitrogens with two attached hydrogens (primary N) is 1. The summed E-state index contributed by atoms with van der Waals surface area (Å²) in [6.07, 6.45) is 3.93. The second-order valence-electron chi connectivity index (χ2n) is 10.2. The molecule has 1 heterocycles. The highest BCUT2D eigenvalue weighted by atomic mass is 35.5. The first-order valence-electron chi connectivity index (χ1n) is 13.5. The van der Waals surface area contributed by atoms with Crippen molar-refractivity contribution in [3.8, 4) is 17.2 Å². The van der Waals surface area contributed by atoms with Gasteiger partial charge in [0.25, 0.3) is 11.8 Å². The maximum atomic E-state index is 12.6. The molecule has 1 saturated carbocycles. The first-order valence-corrected chi connectivity index (χ1v) is 13.9. The summed E-state index contributed by atoms with van der Waals surface area (Å²) in [5.74, 6) is 0.333. The smallest absolute Gasteiger partial charge is 0.257 e. The molecule has 1 fully saturated rings. The number of hydrogen-bond donors (Lipinski definition) is 5. The van der Waals surface area contributed by atoms with Crippen LogP contribution in [0.15, 0.2) is 66.9 Å². The standard InChI is InChI=1S/C31H31ClN6O4/c1-18-5-6-21(31(41)37-23-8-9-23)15-26(18)38-30(34)25(16-36-38)29(33)20-3-2-4-24(14-20)42-17-28(40)35-12-11-19-13-22(32)7-10-27(19)39/h2-7,10,13-16,23,33,39H,8-9,11-12,17,34H2,1H3,(H,35,40)(H,37,41). The van der Waals surface area contributed by atoms with Crippen LogP contribution in [0.2, 0.25) is 5.02 Å². The van der Waals surface area contributed by atoms with Gasteiger partial charge in [0, 0.05) is 28.7 Å². The van der Waals surface area contributed by atoms with Crippen LogP contribution in [0.5, 0.6) is 11.5 Å². The van der Waals surface area contributed by atoms with E-state index >= 15 is 0 Å². The zero-order chi connectivity index (χ0) is 29.8. The van der Waals surface area contributed by atoms with E-state index in [1.54, 1.807) is 48.5 Å². The van der Waals surface area contributed by atoms with Crippen molar-refractivity contribution in [2.45, 2.75) is 32.2 Å². The first kappa shape index (κ1) is 28.7. The molecule has 11 heteroatoms.